The van der Waals surface area contributed by atoms with Gasteiger partial charge in [0.05, 0.1) is 0 Å². The highest BCUT2D eigenvalue weighted by molar-refractivity contribution is 6.68. The van der Waals surface area contributed by atoms with Crippen LogP contribution >= 0.6 is 0 Å². The van der Waals surface area contributed by atoms with Crippen LogP contribution in [0.2, 0.25) is 0 Å². The number of aliphatic imine (C=N–C) groups is 2. The van der Waals surface area contributed by atoms with E-state index in [1.807, 2.05) is 0 Å². The van der Waals surface area contributed by atoms with Gasteiger partial charge in [-0.25, -0.2) is 20.5 Å². The third-order valence-corrected chi connectivity index (χ3v) is 1.38. The lowest BCUT2D eigenvalue weighted by molar-refractivity contribution is -0.116. The number of nitrogens with zero attached hydrogens (tertiary/aromatic N) is 5. The van der Waals surface area contributed by atoms with Crippen LogP contribution in [-0.4, -0.2) is 68.3 Å². The number of hydrogen-bond donors (Lipinski definition) is 2. The van der Waals surface area contributed by atoms with Crippen molar-refractivity contribution in [3.05, 3.63) is 0 Å². The van der Waals surface area contributed by atoms with Crippen molar-refractivity contribution in [1.29, 1.82) is 0 Å². The van der Waals surface area contributed by atoms with E-state index >= 15 is 0 Å². The molecule has 3 N–H and O–H groups in total. The Kier molecular flexibility index (Phi) is 6.89. The van der Waals surface area contributed by atoms with Crippen LogP contribution in [-0.2, 0) is 9.59 Å². The van der Waals surface area contributed by atoms with Crippen LogP contribution in [0.15, 0.2) is 15.1 Å². The molecule has 0 unspecified atom stereocenters. The zero-order valence-electron chi connectivity index (χ0n) is 10.8. The van der Waals surface area contributed by atoms with Crippen molar-refractivity contribution in [2.24, 2.45) is 20.8 Å². The molecule has 0 aromatic rings. The van der Waals surface area contributed by atoms with Gasteiger partial charge in [0.25, 0.3) is 5.91 Å². The molecule has 0 aliphatic carbocycles. The lowest BCUT2D eigenvalue weighted by Crippen LogP contribution is -2.32. The van der Waals surface area contributed by atoms with Crippen LogP contribution < -0.4 is 11.3 Å². The van der Waals surface area contributed by atoms with Gasteiger partial charge in [0, 0.05) is 28.2 Å². The van der Waals surface area contributed by atoms with Gasteiger partial charge in [-0.05, 0) is 0 Å². The Labute approximate surface area is 105 Å². The highest BCUT2D eigenvalue weighted by Crippen LogP contribution is 1.93. The second-order valence-corrected chi connectivity index (χ2v) is 3.59. The monoisotopic (exact) mass is 255 g/mol. The summed E-state index contributed by atoms with van der Waals surface area (Å²) in [6, 6.07) is 0. The van der Waals surface area contributed by atoms with Crippen molar-refractivity contribution in [2.45, 2.75) is 0 Å². The van der Waals surface area contributed by atoms with Gasteiger partial charge >= 0.3 is 0 Å². The fraction of sp³-hybridized carbons (Fsp3) is 0.444. The van der Waals surface area contributed by atoms with Crippen LogP contribution in [0.1, 0.15) is 0 Å². The summed E-state index contributed by atoms with van der Waals surface area (Å²) in [5.74, 6) is -0.446. The minimum Gasteiger partial charge on any atom is -0.364 e. The zero-order chi connectivity index (χ0) is 14.1. The molecule has 0 fully saturated rings. The molecular formula is C9H17N7O2. The molecule has 0 saturated carbocycles. The molecule has 0 aromatic heterocycles. The Morgan fingerprint density at radius 2 is 2.00 bits per heavy atom. The maximum absolute atomic E-state index is 10.7. The molecule has 0 aromatic carbocycles. The molecule has 100 valence electrons. The van der Waals surface area contributed by atoms with Crippen molar-refractivity contribution >= 4 is 30.2 Å². The first-order valence-electron chi connectivity index (χ1n) is 4.91. The van der Waals surface area contributed by atoms with Gasteiger partial charge in [-0.1, -0.05) is 0 Å². The van der Waals surface area contributed by atoms with E-state index in [9.17, 15) is 9.59 Å². The number of carbonyl (C=O) groups excluding carboxylic acids is 2. The summed E-state index contributed by atoms with van der Waals surface area (Å²) >= 11 is 0. The quantitative estimate of drug-likeness (QED) is 0.448. The van der Waals surface area contributed by atoms with E-state index in [-0.39, 0.29) is 11.5 Å². The highest BCUT2D eigenvalue weighted by Gasteiger charge is 2.17. The van der Waals surface area contributed by atoms with E-state index in [2.05, 4.69) is 20.6 Å². The summed E-state index contributed by atoms with van der Waals surface area (Å²) < 4.78 is 0. The Morgan fingerprint density at radius 3 is 2.39 bits per heavy atom. The van der Waals surface area contributed by atoms with Crippen molar-refractivity contribution in [1.82, 2.24) is 15.4 Å². The summed E-state index contributed by atoms with van der Waals surface area (Å²) in [5, 5.41) is 5.39. The Bertz CT molecular complexity index is 384. The van der Waals surface area contributed by atoms with Crippen LogP contribution in [0.4, 0.5) is 0 Å². The Hall–Kier alpha value is -2.29. The lowest BCUT2D eigenvalue weighted by Gasteiger charge is -2.07. The van der Waals surface area contributed by atoms with E-state index in [0.29, 0.717) is 0 Å². The predicted molar refractivity (Wildman–Crippen MR) is 69.1 cm³/mol. The molecule has 1 aliphatic rings. The van der Waals surface area contributed by atoms with Crippen molar-refractivity contribution < 1.29 is 9.59 Å². The molecule has 0 bridgehead atoms. The zero-order valence-corrected chi connectivity index (χ0v) is 10.8. The van der Waals surface area contributed by atoms with Crippen molar-refractivity contribution in [3.8, 4) is 0 Å². The first-order valence-corrected chi connectivity index (χ1v) is 4.91. The van der Waals surface area contributed by atoms with Crippen LogP contribution in [0.5, 0.6) is 0 Å². The number of amidine groups is 1. The van der Waals surface area contributed by atoms with Crippen molar-refractivity contribution in [2.75, 3.05) is 28.2 Å². The van der Waals surface area contributed by atoms with Crippen molar-refractivity contribution in [3.63, 3.8) is 0 Å². The standard InChI is InChI=1S/C6H10N6O.C3H7NO/c1-12(2)11-10-6-4(5(7)13)8-3-9-6;1-4(2)3-5/h3,11H,1-2H3,(H2,7,13);3H,1-2H3/b10-6-;. The number of hydrogen-bond acceptors (Lipinski definition) is 6. The van der Waals surface area contributed by atoms with E-state index in [1.54, 1.807) is 33.2 Å². The number of nitrogens with one attached hydrogen (secondary N) is 1. The summed E-state index contributed by atoms with van der Waals surface area (Å²) in [6.45, 7) is 0. The number of primary amides is 1. The molecular weight excluding hydrogens is 238 g/mol. The summed E-state index contributed by atoms with van der Waals surface area (Å²) in [7, 11) is 6.88. The second-order valence-electron chi connectivity index (χ2n) is 3.59. The fourth-order valence-corrected chi connectivity index (χ4v) is 0.663. The molecule has 0 saturated heterocycles. The third kappa shape index (κ3) is 6.33. The number of rotatable bonds is 4. The van der Waals surface area contributed by atoms with E-state index in [1.165, 1.54) is 11.2 Å². The van der Waals surface area contributed by atoms with Crippen LogP contribution in [0, 0.1) is 0 Å². The molecule has 1 heterocycles. The van der Waals surface area contributed by atoms with Gasteiger partial charge in [-0.3, -0.25) is 9.59 Å². The molecule has 1 rings (SSSR count). The smallest absolute Gasteiger partial charge is 0.271 e. The molecule has 0 radical (unpaired) electrons. The van der Waals surface area contributed by atoms with Gasteiger partial charge in [0.1, 0.15) is 6.34 Å². The highest BCUT2D eigenvalue weighted by atomic mass is 16.1. The van der Waals surface area contributed by atoms with Crippen LogP contribution in [0.3, 0.4) is 0 Å². The van der Waals surface area contributed by atoms with Gasteiger partial charge < -0.3 is 10.6 Å². The number of hydrazone groups is 1. The maximum atomic E-state index is 10.7. The van der Waals surface area contributed by atoms with E-state index in [0.717, 1.165) is 6.41 Å². The number of hydrazine groups is 1. The molecule has 9 heteroatoms. The third-order valence-electron chi connectivity index (χ3n) is 1.38. The molecule has 1 aliphatic heterocycles. The maximum Gasteiger partial charge on any atom is 0.271 e. The Balaban J connectivity index is 0.000000494. The molecule has 2 amide bonds. The number of amides is 2. The number of nitrogens with two attached hydrogens (primary N) is 1. The number of carbonyl (C=O) groups is 2. The minimum atomic E-state index is -0.642. The van der Waals surface area contributed by atoms with Crippen LogP contribution in [0.25, 0.3) is 0 Å². The lowest BCUT2D eigenvalue weighted by atomic mass is 10.3. The Morgan fingerprint density at radius 1 is 1.44 bits per heavy atom. The second kappa shape index (κ2) is 7.90. The topological polar surface area (TPSA) is 116 Å². The van der Waals surface area contributed by atoms with Gasteiger partial charge in [0.2, 0.25) is 12.2 Å². The minimum absolute atomic E-state index is 0.0642. The predicted octanol–water partition coefficient (Wildman–Crippen LogP) is -1.96. The summed E-state index contributed by atoms with van der Waals surface area (Å²) in [5.41, 5.74) is 7.68. The first-order chi connectivity index (χ1) is 8.38. The first kappa shape index (κ1) is 15.7. The normalized spacial score (nSPS) is 14.9. The summed E-state index contributed by atoms with van der Waals surface area (Å²) in [4.78, 5) is 29.0. The van der Waals surface area contributed by atoms with Gasteiger partial charge in [0.15, 0.2) is 5.71 Å². The average Bonchev–Trinajstić information content (AvgIpc) is 2.75. The SMILES string of the molecule is CN(C)C=O.CN(C)N/N=C1\N=CN=C1C(N)=O. The molecule has 18 heavy (non-hydrogen) atoms. The van der Waals surface area contributed by atoms with Gasteiger partial charge in [-0.15, -0.1) is 5.10 Å². The fourth-order valence-electron chi connectivity index (χ4n) is 0.663. The molecule has 0 spiro atoms. The molecule has 9 nitrogen and oxygen atoms in total. The molecule has 0 atom stereocenters. The van der Waals surface area contributed by atoms with Gasteiger partial charge in [-0.2, -0.15) is 0 Å². The largest absolute Gasteiger partial charge is 0.364 e. The van der Waals surface area contributed by atoms with E-state index in [4.69, 9.17) is 5.73 Å². The average molecular weight is 255 g/mol. The summed E-state index contributed by atoms with van der Waals surface area (Å²) in [6.07, 6.45) is 1.98. The van der Waals surface area contributed by atoms with E-state index < -0.39 is 5.91 Å².